The lowest BCUT2D eigenvalue weighted by molar-refractivity contribution is -0.115. The van der Waals surface area contributed by atoms with Crippen LogP contribution in [-0.4, -0.2) is 17.4 Å². The fourth-order valence-electron chi connectivity index (χ4n) is 0.395. The molecule has 0 aromatic heterocycles. The maximum atomic E-state index is 10.2. The fourth-order valence-corrected chi connectivity index (χ4v) is 1.19. The molecule has 9 heavy (non-hydrogen) atoms. The van der Waals surface area contributed by atoms with E-state index in [9.17, 15) is 4.79 Å². The molecule has 0 heterocycles. The maximum absolute atomic E-state index is 10.2. The van der Waals surface area contributed by atoms with Gasteiger partial charge in [0.2, 0.25) is 5.91 Å². The van der Waals surface area contributed by atoms with Crippen LogP contribution in [0.2, 0.25) is 0 Å². The highest BCUT2D eigenvalue weighted by atomic mass is 32.2. The molecular formula is C6H13NOS. The van der Waals surface area contributed by atoms with Crippen LogP contribution in [-0.2, 0) is 4.79 Å². The van der Waals surface area contributed by atoms with Crippen LogP contribution >= 0.6 is 11.8 Å². The zero-order valence-electron chi connectivity index (χ0n) is 5.89. The standard InChI is InChI=1S/C6H13NOS/c1-5(2)3-9-4-6(7)8/h5H,3-4H2,1-2H3,(H2,7,8). The van der Waals surface area contributed by atoms with Gasteiger partial charge >= 0.3 is 0 Å². The van der Waals surface area contributed by atoms with Gasteiger partial charge in [0.25, 0.3) is 0 Å². The van der Waals surface area contributed by atoms with Gasteiger partial charge in [-0.3, -0.25) is 4.79 Å². The molecule has 0 aliphatic rings. The van der Waals surface area contributed by atoms with E-state index in [2.05, 4.69) is 13.8 Å². The summed E-state index contributed by atoms with van der Waals surface area (Å²) in [7, 11) is 0. The number of thioether (sulfide) groups is 1. The van der Waals surface area contributed by atoms with Crippen molar-refractivity contribution in [1.82, 2.24) is 0 Å². The summed E-state index contributed by atoms with van der Waals surface area (Å²) in [5.41, 5.74) is 4.92. The van der Waals surface area contributed by atoms with Crippen LogP contribution in [0, 0.1) is 5.92 Å². The van der Waals surface area contributed by atoms with Crippen molar-refractivity contribution in [3.05, 3.63) is 0 Å². The molecule has 0 saturated carbocycles. The second-order valence-corrected chi connectivity index (χ2v) is 3.41. The van der Waals surface area contributed by atoms with Crippen LogP contribution in [0.1, 0.15) is 13.8 Å². The van der Waals surface area contributed by atoms with E-state index in [0.717, 1.165) is 5.75 Å². The number of nitrogens with two attached hydrogens (primary N) is 1. The highest BCUT2D eigenvalue weighted by Gasteiger charge is 1.96. The number of carbonyl (C=O) groups is 1. The largest absolute Gasteiger partial charge is 0.369 e. The van der Waals surface area contributed by atoms with Crippen molar-refractivity contribution < 1.29 is 4.79 Å². The minimum absolute atomic E-state index is 0.222. The number of amides is 1. The van der Waals surface area contributed by atoms with E-state index in [1.165, 1.54) is 0 Å². The van der Waals surface area contributed by atoms with E-state index in [-0.39, 0.29) is 5.91 Å². The van der Waals surface area contributed by atoms with Crippen LogP contribution < -0.4 is 5.73 Å². The highest BCUT2D eigenvalue weighted by Crippen LogP contribution is 2.05. The minimum Gasteiger partial charge on any atom is -0.369 e. The van der Waals surface area contributed by atoms with Crippen molar-refractivity contribution in [2.45, 2.75) is 13.8 Å². The predicted octanol–water partition coefficient (Wildman–Crippen LogP) is 0.861. The van der Waals surface area contributed by atoms with Crippen molar-refractivity contribution in [2.24, 2.45) is 11.7 Å². The number of carbonyl (C=O) groups excluding carboxylic acids is 1. The molecular weight excluding hydrogens is 134 g/mol. The van der Waals surface area contributed by atoms with E-state index >= 15 is 0 Å². The van der Waals surface area contributed by atoms with Gasteiger partial charge in [0, 0.05) is 0 Å². The van der Waals surface area contributed by atoms with E-state index in [4.69, 9.17) is 5.73 Å². The topological polar surface area (TPSA) is 43.1 Å². The van der Waals surface area contributed by atoms with Crippen molar-refractivity contribution in [3.8, 4) is 0 Å². The lowest BCUT2D eigenvalue weighted by Crippen LogP contribution is -2.13. The molecule has 0 aromatic rings. The molecule has 2 N–H and O–H groups in total. The third-order valence-corrected chi connectivity index (χ3v) is 2.09. The summed E-state index contributed by atoms with van der Waals surface area (Å²) in [4.78, 5) is 10.2. The average Bonchev–Trinajstić information content (AvgIpc) is 1.63. The van der Waals surface area contributed by atoms with Crippen molar-refractivity contribution in [2.75, 3.05) is 11.5 Å². The molecule has 0 aromatic carbocycles. The predicted molar refractivity (Wildman–Crippen MR) is 41.4 cm³/mol. The molecule has 0 saturated heterocycles. The maximum Gasteiger partial charge on any atom is 0.227 e. The van der Waals surface area contributed by atoms with Gasteiger partial charge in [0.1, 0.15) is 0 Å². The van der Waals surface area contributed by atoms with Crippen molar-refractivity contribution in [3.63, 3.8) is 0 Å². The molecule has 0 aliphatic carbocycles. The molecule has 1 amide bonds. The van der Waals surface area contributed by atoms with E-state index < -0.39 is 0 Å². The third-order valence-electron chi connectivity index (χ3n) is 0.696. The van der Waals surface area contributed by atoms with Gasteiger partial charge in [0.05, 0.1) is 5.75 Å². The quantitative estimate of drug-likeness (QED) is 0.641. The highest BCUT2D eigenvalue weighted by molar-refractivity contribution is 7.99. The first-order valence-corrected chi connectivity index (χ1v) is 4.14. The number of primary amides is 1. The second-order valence-electron chi connectivity index (χ2n) is 2.38. The summed E-state index contributed by atoms with van der Waals surface area (Å²) in [6.45, 7) is 4.24. The number of hydrogen-bond acceptors (Lipinski definition) is 2. The molecule has 0 bridgehead atoms. The van der Waals surface area contributed by atoms with Crippen LogP contribution in [0.3, 0.4) is 0 Å². The Kier molecular flexibility index (Phi) is 4.58. The minimum atomic E-state index is -0.222. The number of hydrogen-bond donors (Lipinski definition) is 1. The molecule has 0 atom stereocenters. The first-order chi connectivity index (χ1) is 4.13. The normalized spacial score (nSPS) is 10.1. The lowest BCUT2D eigenvalue weighted by Gasteiger charge is -2.00. The van der Waals surface area contributed by atoms with Gasteiger partial charge in [0.15, 0.2) is 0 Å². The average molecular weight is 147 g/mol. The van der Waals surface area contributed by atoms with Gasteiger partial charge in [-0.15, -0.1) is 0 Å². The summed E-state index contributed by atoms with van der Waals surface area (Å²) in [5, 5.41) is 0. The lowest BCUT2D eigenvalue weighted by atomic mass is 10.3. The van der Waals surface area contributed by atoms with Crippen LogP contribution in [0.25, 0.3) is 0 Å². The van der Waals surface area contributed by atoms with Gasteiger partial charge in [-0.25, -0.2) is 0 Å². The molecule has 0 spiro atoms. The summed E-state index contributed by atoms with van der Waals surface area (Å²) < 4.78 is 0. The molecule has 54 valence electrons. The third kappa shape index (κ3) is 7.82. The zero-order chi connectivity index (χ0) is 7.28. The van der Waals surface area contributed by atoms with Gasteiger partial charge in [-0.05, 0) is 11.7 Å². The van der Waals surface area contributed by atoms with Gasteiger partial charge in [-0.2, -0.15) is 11.8 Å². The van der Waals surface area contributed by atoms with Crippen LogP contribution in [0.5, 0.6) is 0 Å². The molecule has 2 nitrogen and oxygen atoms in total. The van der Waals surface area contributed by atoms with Crippen LogP contribution in [0.15, 0.2) is 0 Å². The van der Waals surface area contributed by atoms with E-state index in [1.54, 1.807) is 11.8 Å². The Bertz CT molecular complexity index is 93.1. The smallest absolute Gasteiger partial charge is 0.227 e. The Labute approximate surface area is 60.2 Å². The Morgan fingerprint density at radius 1 is 1.67 bits per heavy atom. The summed E-state index contributed by atoms with van der Waals surface area (Å²) >= 11 is 1.59. The zero-order valence-corrected chi connectivity index (χ0v) is 6.70. The molecule has 3 heteroatoms. The summed E-state index contributed by atoms with van der Waals surface area (Å²) in [5.74, 6) is 1.90. The molecule has 0 radical (unpaired) electrons. The Balaban J connectivity index is 3.01. The summed E-state index contributed by atoms with van der Waals surface area (Å²) in [6, 6.07) is 0. The van der Waals surface area contributed by atoms with Gasteiger partial charge < -0.3 is 5.73 Å². The molecule has 0 rings (SSSR count). The number of rotatable bonds is 4. The monoisotopic (exact) mass is 147 g/mol. The molecule has 0 fully saturated rings. The molecule has 0 unspecified atom stereocenters. The second kappa shape index (κ2) is 4.68. The van der Waals surface area contributed by atoms with Crippen LogP contribution in [0.4, 0.5) is 0 Å². The van der Waals surface area contributed by atoms with Crippen molar-refractivity contribution >= 4 is 17.7 Å². The fraction of sp³-hybridized carbons (Fsp3) is 0.833. The van der Waals surface area contributed by atoms with Gasteiger partial charge in [-0.1, -0.05) is 13.8 Å². The molecule has 0 aliphatic heterocycles. The Morgan fingerprint density at radius 2 is 2.22 bits per heavy atom. The first-order valence-electron chi connectivity index (χ1n) is 2.99. The van der Waals surface area contributed by atoms with Crippen molar-refractivity contribution in [1.29, 1.82) is 0 Å². The Hall–Kier alpha value is -0.180. The Morgan fingerprint density at radius 3 is 2.56 bits per heavy atom. The van der Waals surface area contributed by atoms with E-state index in [1.807, 2.05) is 0 Å². The first kappa shape index (κ1) is 8.82. The SMILES string of the molecule is CC(C)CSCC(N)=O. The van der Waals surface area contributed by atoms with E-state index in [0.29, 0.717) is 11.7 Å². The summed E-state index contributed by atoms with van der Waals surface area (Å²) in [6.07, 6.45) is 0.